The molecule has 0 aromatic heterocycles. The van der Waals surface area contributed by atoms with Crippen LogP contribution in [0.1, 0.15) is 24.5 Å². The molecule has 0 unspecified atom stereocenters. The molecule has 2 atom stereocenters. The summed E-state index contributed by atoms with van der Waals surface area (Å²) in [4.78, 5) is 0. The molecule has 0 spiro atoms. The fourth-order valence-corrected chi connectivity index (χ4v) is 2.65. The van der Waals surface area contributed by atoms with Crippen LogP contribution in [0, 0.1) is 12.8 Å². The maximum atomic E-state index is 5.63. The van der Waals surface area contributed by atoms with Gasteiger partial charge in [-0.3, -0.25) is 0 Å². The molecule has 0 bridgehead atoms. The first-order valence-electron chi connectivity index (χ1n) is 6.67. The van der Waals surface area contributed by atoms with Gasteiger partial charge in [0.15, 0.2) is 0 Å². The maximum Gasteiger partial charge on any atom is 0.0512 e. The lowest BCUT2D eigenvalue weighted by Gasteiger charge is -2.32. The van der Waals surface area contributed by atoms with E-state index in [1.165, 1.54) is 11.1 Å². The lowest BCUT2D eigenvalue weighted by molar-refractivity contribution is 0.0326. The number of hydrogen-bond donors (Lipinski definition) is 1. The van der Waals surface area contributed by atoms with E-state index in [9.17, 15) is 0 Å². The van der Waals surface area contributed by atoms with E-state index in [4.69, 9.17) is 4.74 Å². The predicted molar refractivity (Wildman–Crippen MR) is 71.3 cm³/mol. The van der Waals surface area contributed by atoms with Crippen LogP contribution in [-0.2, 0) is 11.2 Å². The number of hydrogen-bond acceptors (Lipinski definition) is 2. The van der Waals surface area contributed by atoms with Crippen molar-refractivity contribution in [1.82, 2.24) is 5.32 Å². The van der Waals surface area contributed by atoms with E-state index in [0.717, 1.165) is 32.6 Å². The second-order valence-electron chi connectivity index (χ2n) is 4.92. The molecule has 0 aliphatic carbocycles. The third kappa shape index (κ3) is 3.30. The van der Waals surface area contributed by atoms with E-state index in [1.54, 1.807) is 0 Å². The van der Waals surface area contributed by atoms with Gasteiger partial charge in [-0.25, -0.2) is 0 Å². The smallest absolute Gasteiger partial charge is 0.0512 e. The van der Waals surface area contributed by atoms with Crippen LogP contribution in [0.3, 0.4) is 0 Å². The molecule has 2 heteroatoms. The fourth-order valence-electron chi connectivity index (χ4n) is 2.65. The average molecular weight is 233 g/mol. The van der Waals surface area contributed by atoms with Crippen LogP contribution < -0.4 is 5.32 Å². The van der Waals surface area contributed by atoms with Crippen LogP contribution in [0.4, 0.5) is 0 Å². The van der Waals surface area contributed by atoms with E-state index >= 15 is 0 Å². The second kappa shape index (κ2) is 6.18. The first kappa shape index (κ1) is 12.6. The number of ether oxygens (including phenoxy) is 1. The Hall–Kier alpha value is -0.860. The van der Waals surface area contributed by atoms with Gasteiger partial charge >= 0.3 is 0 Å². The first-order valence-corrected chi connectivity index (χ1v) is 6.67. The van der Waals surface area contributed by atoms with Crippen LogP contribution >= 0.6 is 0 Å². The van der Waals surface area contributed by atoms with Crippen molar-refractivity contribution in [2.45, 2.75) is 32.7 Å². The number of aryl methyl sites for hydroxylation is 1. The van der Waals surface area contributed by atoms with Gasteiger partial charge < -0.3 is 10.1 Å². The summed E-state index contributed by atoms with van der Waals surface area (Å²) in [5.74, 6) is 0.616. The van der Waals surface area contributed by atoms with Crippen LogP contribution in [-0.4, -0.2) is 25.8 Å². The summed E-state index contributed by atoms with van der Waals surface area (Å²) >= 11 is 0. The summed E-state index contributed by atoms with van der Waals surface area (Å²) in [7, 11) is 0. The zero-order valence-corrected chi connectivity index (χ0v) is 10.9. The Balaban J connectivity index is 2.03. The molecule has 1 saturated heterocycles. The Morgan fingerprint density at radius 1 is 1.35 bits per heavy atom. The highest BCUT2D eigenvalue weighted by atomic mass is 16.5. The van der Waals surface area contributed by atoms with Crippen molar-refractivity contribution in [3.63, 3.8) is 0 Å². The first-order chi connectivity index (χ1) is 8.31. The van der Waals surface area contributed by atoms with Crippen molar-refractivity contribution < 1.29 is 4.74 Å². The Morgan fingerprint density at radius 2 is 2.18 bits per heavy atom. The molecule has 1 fully saturated rings. The summed E-state index contributed by atoms with van der Waals surface area (Å²) in [6, 6.07) is 9.30. The summed E-state index contributed by atoms with van der Waals surface area (Å²) in [6.07, 6.45) is 2.27. The lowest BCUT2D eigenvalue weighted by Crippen LogP contribution is -2.43. The van der Waals surface area contributed by atoms with E-state index in [1.807, 2.05) is 0 Å². The van der Waals surface area contributed by atoms with Crippen molar-refractivity contribution in [1.29, 1.82) is 0 Å². The van der Waals surface area contributed by atoms with Gasteiger partial charge in [0, 0.05) is 18.6 Å². The molecule has 1 aromatic rings. The van der Waals surface area contributed by atoms with E-state index in [0.29, 0.717) is 12.0 Å². The molecule has 1 N–H and O–H groups in total. The summed E-state index contributed by atoms with van der Waals surface area (Å²) in [5.41, 5.74) is 2.86. The summed E-state index contributed by atoms with van der Waals surface area (Å²) in [6.45, 7) is 7.23. The van der Waals surface area contributed by atoms with Gasteiger partial charge in [0.2, 0.25) is 0 Å². The Labute approximate surface area is 104 Å². The molecule has 1 aliphatic heterocycles. The Morgan fingerprint density at radius 3 is 2.94 bits per heavy atom. The van der Waals surface area contributed by atoms with Gasteiger partial charge in [0.05, 0.1) is 6.61 Å². The summed E-state index contributed by atoms with van der Waals surface area (Å²) < 4.78 is 5.63. The fraction of sp³-hybridized carbons (Fsp3) is 0.600. The van der Waals surface area contributed by atoms with Crippen molar-refractivity contribution in [2.24, 2.45) is 5.92 Å². The molecule has 0 radical (unpaired) electrons. The van der Waals surface area contributed by atoms with Gasteiger partial charge in [-0.05, 0) is 37.4 Å². The quantitative estimate of drug-likeness (QED) is 0.863. The van der Waals surface area contributed by atoms with Gasteiger partial charge in [-0.2, -0.15) is 0 Å². The van der Waals surface area contributed by atoms with E-state index in [-0.39, 0.29) is 0 Å². The monoisotopic (exact) mass is 233 g/mol. The highest BCUT2D eigenvalue weighted by molar-refractivity contribution is 5.26. The molecule has 1 aromatic carbocycles. The van der Waals surface area contributed by atoms with Crippen LogP contribution in [0.2, 0.25) is 0 Å². The maximum absolute atomic E-state index is 5.63. The van der Waals surface area contributed by atoms with E-state index < -0.39 is 0 Å². The minimum atomic E-state index is 0.616. The van der Waals surface area contributed by atoms with Gasteiger partial charge in [-0.15, -0.1) is 0 Å². The van der Waals surface area contributed by atoms with Crippen LogP contribution in [0.5, 0.6) is 0 Å². The Kier molecular flexibility index (Phi) is 4.57. The highest BCUT2D eigenvalue weighted by Gasteiger charge is 2.25. The Bertz CT molecular complexity index is 349. The molecule has 1 heterocycles. The molecule has 0 saturated carbocycles. The van der Waals surface area contributed by atoms with Crippen LogP contribution in [0.25, 0.3) is 0 Å². The van der Waals surface area contributed by atoms with Gasteiger partial charge in [-0.1, -0.05) is 31.2 Å². The van der Waals surface area contributed by atoms with Gasteiger partial charge in [0.25, 0.3) is 0 Å². The standard InChI is InChI=1S/C15H23NO/c1-3-16-15-8-9-17-11-14(15)10-13-7-5-4-6-12(13)2/h4-7,14-16H,3,8-11H2,1-2H3/t14-,15+/m1/s1. The molecule has 2 nitrogen and oxygen atoms in total. The third-order valence-electron chi connectivity index (χ3n) is 3.68. The third-order valence-corrected chi connectivity index (χ3v) is 3.68. The minimum absolute atomic E-state index is 0.616. The minimum Gasteiger partial charge on any atom is -0.381 e. The van der Waals surface area contributed by atoms with Crippen molar-refractivity contribution in [3.8, 4) is 0 Å². The zero-order valence-electron chi connectivity index (χ0n) is 10.9. The zero-order chi connectivity index (χ0) is 12.1. The lowest BCUT2D eigenvalue weighted by atomic mass is 9.88. The highest BCUT2D eigenvalue weighted by Crippen LogP contribution is 2.21. The molecule has 94 valence electrons. The topological polar surface area (TPSA) is 21.3 Å². The van der Waals surface area contributed by atoms with Crippen molar-refractivity contribution in [2.75, 3.05) is 19.8 Å². The second-order valence-corrected chi connectivity index (χ2v) is 4.92. The number of benzene rings is 1. The summed E-state index contributed by atoms with van der Waals surface area (Å²) in [5, 5.41) is 3.59. The molecular weight excluding hydrogens is 210 g/mol. The largest absolute Gasteiger partial charge is 0.381 e. The molecule has 17 heavy (non-hydrogen) atoms. The molecule has 0 amide bonds. The molecule has 2 rings (SSSR count). The number of rotatable bonds is 4. The number of nitrogens with one attached hydrogen (secondary N) is 1. The molecule has 1 aliphatic rings. The predicted octanol–water partition coefficient (Wildman–Crippen LogP) is 2.55. The van der Waals surface area contributed by atoms with E-state index in [2.05, 4.69) is 43.4 Å². The van der Waals surface area contributed by atoms with Crippen molar-refractivity contribution >= 4 is 0 Å². The molecular formula is C15H23NO. The van der Waals surface area contributed by atoms with Crippen LogP contribution in [0.15, 0.2) is 24.3 Å². The SMILES string of the molecule is CCN[C@H]1CCOC[C@H]1Cc1ccccc1C. The van der Waals surface area contributed by atoms with Crippen molar-refractivity contribution in [3.05, 3.63) is 35.4 Å². The van der Waals surface area contributed by atoms with Gasteiger partial charge in [0.1, 0.15) is 0 Å². The average Bonchev–Trinajstić information content (AvgIpc) is 2.35. The normalized spacial score (nSPS) is 24.8.